The topological polar surface area (TPSA) is 66.9 Å². The van der Waals surface area contributed by atoms with Crippen molar-refractivity contribution in [2.24, 2.45) is 50.2 Å². The Morgan fingerprint density at radius 2 is 1.65 bits per heavy atom. The zero-order valence-electron chi connectivity index (χ0n) is 22.3. The molecular formula is C30H44O4. The molecule has 9 atom stereocenters. The van der Waals surface area contributed by atoms with Crippen molar-refractivity contribution in [3.63, 3.8) is 0 Å². The number of ether oxygens (including phenoxy) is 1. The van der Waals surface area contributed by atoms with E-state index in [1.807, 2.05) is 0 Å². The molecule has 1 aliphatic heterocycles. The third-order valence-corrected chi connectivity index (χ3v) is 12.9. The molecule has 4 heteroatoms. The number of ketones is 1. The van der Waals surface area contributed by atoms with Crippen LogP contribution in [0.25, 0.3) is 0 Å². The maximum Gasteiger partial charge on any atom is 0.309 e. The highest BCUT2D eigenvalue weighted by molar-refractivity contribution is 5.96. The number of carboxylic acid groups (broad SMARTS) is 1. The van der Waals surface area contributed by atoms with Crippen molar-refractivity contribution in [1.29, 1.82) is 0 Å². The normalized spacial score (nSPS) is 54.4. The summed E-state index contributed by atoms with van der Waals surface area (Å²) in [6.07, 6.45) is 10.1. The Morgan fingerprint density at radius 3 is 2.32 bits per heavy atom. The van der Waals surface area contributed by atoms with Gasteiger partial charge in [-0.1, -0.05) is 54.0 Å². The van der Waals surface area contributed by atoms with E-state index < -0.39 is 11.4 Å². The molecule has 0 spiro atoms. The fourth-order valence-electron chi connectivity index (χ4n) is 10.8. The van der Waals surface area contributed by atoms with Gasteiger partial charge in [-0.25, -0.2) is 0 Å². The molecule has 188 valence electrons. The van der Waals surface area contributed by atoms with Crippen LogP contribution >= 0.6 is 0 Å². The number of allylic oxidation sites excluding steroid dienone is 2. The highest BCUT2D eigenvalue weighted by Gasteiger charge is 2.73. The van der Waals surface area contributed by atoms with Gasteiger partial charge in [0.05, 0.1) is 17.6 Å². The number of aliphatic carboxylic acids is 1. The molecule has 5 fully saturated rings. The average molecular weight is 469 g/mol. The van der Waals surface area contributed by atoms with Crippen molar-refractivity contribution >= 4 is 11.8 Å². The summed E-state index contributed by atoms with van der Waals surface area (Å²) in [6.45, 7) is 16.5. The van der Waals surface area contributed by atoms with E-state index in [-0.39, 0.29) is 44.7 Å². The van der Waals surface area contributed by atoms with Crippen molar-refractivity contribution in [3.05, 3.63) is 11.6 Å². The predicted molar refractivity (Wildman–Crippen MR) is 131 cm³/mol. The van der Waals surface area contributed by atoms with E-state index in [9.17, 15) is 14.7 Å². The summed E-state index contributed by atoms with van der Waals surface area (Å²) in [6, 6.07) is 0. The molecular weight excluding hydrogens is 424 g/mol. The molecule has 4 saturated carbocycles. The zero-order chi connectivity index (χ0) is 24.7. The predicted octanol–water partition coefficient (Wildman–Crippen LogP) is 6.43. The Bertz CT molecular complexity index is 1010. The Morgan fingerprint density at radius 1 is 0.971 bits per heavy atom. The van der Waals surface area contributed by atoms with Crippen LogP contribution in [0.3, 0.4) is 0 Å². The summed E-state index contributed by atoms with van der Waals surface area (Å²) in [5.74, 6) is -0.177. The second-order valence-electron chi connectivity index (χ2n) is 15.3. The van der Waals surface area contributed by atoms with Crippen molar-refractivity contribution in [1.82, 2.24) is 0 Å². The van der Waals surface area contributed by atoms with Crippen LogP contribution < -0.4 is 0 Å². The molecule has 6 rings (SSSR count). The van der Waals surface area contributed by atoms with E-state index >= 15 is 0 Å². The fraction of sp³-hybridized carbons (Fsp3) is 0.867. The molecule has 5 aliphatic carbocycles. The summed E-state index contributed by atoms with van der Waals surface area (Å²) in [4.78, 5) is 27.0. The SMILES string of the molecule is CC1(C)CC[C@]2(C(=O)O)CC[C@]3(C)C(C(=O)C=C4[C@@]5(C)CC6OC6C(C)(C)C5CC[C@]43C)C2C1. The molecule has 1 heterocycles. The van der Waals surface area contributed by atoms with Crippen LogP contribution in [0.4, 0.5) is 0 Å². The number of hydrogen-bond acceptors (Lipinski definition) is 3. The molecule has 1 N–H and O–H groups in total. The molecule has 0 aromatic heterocycles. The summed E-state index contributed by atoms with van der Waals surface area (Å²) in [5, 5.41) is 10.5. The highest BCUT2D eigenvalue weighted by atomic mass is 16.6. The quantitative estimate of drug-likeness (QED) is 0.450. The molecule has 0 aromatic carbocycles. The third kappa shape index (κ3) is 2.55. The van der Waals surface area contributed by atoms with Crippen LogP contribution in [0, 0.1) is 50.2 Å². The van der Waals surface area contributed by atoms with Crippen LogP contribution in [0.15, 0.2) is 11.6 Å². The lowest BCUT2D eigenvalue weighted by Crippen LogP contribution is -2.66. The lowest BCUT2D eigenvalue weighted by Gasteiger charge is -2.69. The van der Waals surface area contributed by atoms with Gasteiger partial charge in [-0.3, -0.25) is 9.59 Å². The molecule has 0 bridgehead atoms. The van der Waals surface area contributed by atoms with Gasteiger partial charge in [0.2, 0.25) is 0 Å². The van der Waals surface area contributed by atoms with E-state index in [0.29, 0.717) is 31.0 Å². The number of hydrogen-bond donors (Lipinski definition) is 1. The molecule has 1 saturated heterocycles. The van der Waals surface area contributed by atoms with Gasteiger partial charge in [-0.15, -0.1) is 0 Å². The minimum atomic E-state index is -0.736. The van der Waals surface area contributed by atoms with Crippen molar-refractivity contribution in [3.8, 4) is 0 Å². The van der Waals surface area contributed by atoms with Gasteiger partial charge < -0.3 is 9.84 Å². The van der Waals surface area contributed by atoms with Crippen molar-refractivity contribution < 1.29 is 19.4 Å². The second-order valence-corrected chi connectivity index (χ2v) is 15.3. The molecule has 6 aliphatic rings. The highest BCUT2D eigenvalue weighted by Crippen LogP contribution is 2.76. The first-order valence-electron chi connectivity index (χ1n) is 13.8. The van der Waals surface area contributed by atoms with E-state index in [1.165, 1.54) is 12.0 Å². The van der Waals surface area contributed by atoms with Crippen LogP contribution in [-0.4, -0.2) is 29.1 Å². The number of carboxylic acids is 1. The first-order valence-corrected chi connectivity index (χ1v) is 13.8. The van der Waals surface area contributed by atoms with Crippen molar-refractivity contribution in [2.45, 2.75) is 112 Å². The van der Waals surface area contributed by atoms with Crippen LogP contribution in [0.1, 0.15) is 99.8 Å². The lowest BCUT2D eigenvalue weighted by atomic mass is 9.34. The minimum Gasteiger partial charge on any atom is -0.481 e. The van der Waals surface area contributed by atoms with E-state index in [4.69, 9.17) is 4.74 Å². The minimum absolute atomic E-state index is 0.0228. The van der Waals surface area contributed by atoms with E-state index in [1.54, 1.807) is 0 Å². The molecule has 0 radical (unpaired) electrons. The maximum atomic E-state index is 14.2. The molecule has 5 unspecified atom stereocenters. The lowest BCUT2D eigenvalue weighted by molar-refractivity contribution is -0.190. The Balaban J connectivity index is 1.49. The number of carbonyl (C=O) groups excluding carboxylic acids is 1. The number of rotatable bonds is 1. The van der Waals surface area contributed by atoms with Gasteiger partial charge in [0, 0.05) is 5.92 Å². The smallest absolute Gasteiger partial charge is 0.309 e. The summed E-state index contributed by atoms with van der Waals surface area (Å²) in [5.41, 5.74) is 0.567. The number of fused-ring (bicyclic) bond motifs is 8. The van der Waals surface area contributed by atoms with Crippen LogP contribution in [0.2, 0.25) is 0 Å². The summed E-state index contributed by atoms with van der Waals surface area (Å²) >= 11 is 0. The monoisotopic (exact) mass is 468 g/mol. The standard InChI is InChI=1S/C30H44O4/c1-25(2)10-12-30(24(32)33)13-11-29(7)22(17(30)15-25)18(31)14-21-27(5)16-19-23(34-19)26(3,4)20(27)8-9-28(21,29)6/h14,17,19-20,22-23H,8-13,15-16H2,1-7H3,(H,32,33)/t17?,19?,20?,22?,23?,27-,28+,29+,30-/m0/s1. The summed E-state index contributed by atoms with van der Waals surface area (Å²) < 4.78 is 6.18. The van der Waals surface area contributed by atoms with Gasteiger partial charge in [-0.05, 0) is 96.4 Å². The first-order chi connectivity index (χ1) is 15.6. The van der Waals surface area contributed by atoms with E-state index in [0.717, 1.165) is 32.1 Å². The first kappa shape index (κ1) is 23.3. The third-order valence-electron chi connectivity index (χ3n) is 12.9. The Kier molecular flexibility index (Phi) is 4.37. The summed E-state index contributed by atoms with van der Waals surface area (Å²) in [7, 11) is 0. The Labute approximate surface area is 205 Å². The van der Waals surface area contributed by atoms with Gasteiger partial charge in [0.25, 0.3) is 0 Å². The van der Waals surface area contributed by atoms with Gasteiger partial charge >= 0.3 is 5.97 Å². The largest absolute Gasteiger partial charge is 0.481 e. The molecule has 34 heavy (non-hydrogen) atoms. The molecule has 0 aromatic rings. The van der Waals surface area contributed by atoms with Crippen molar-refractivity contribution in [2.75, 3.05) is 0 Å². The fourth-order valence-corrected chi connectivity index (χ4v) is 10.8. The van der Waals surface area contributed by atoms with Gasteiger partial charge in [0.1, 0.15) is 0 Å². The van der Waals surface area contributed by atoms with Crippen LogP contribution in [-0.2, 0) is 14.3 Å². The second kappa shape index (κ2) is 6.39. The maximum absolute atomic E-state index is 14.2. The van der Waals surface area contributed by atoms with Gasteiger partial charge in [0.15, 0.2) is 5.78 Å². The number of epoxide rings is 1. The molecule has 0 amide bonds. The average Bonchev–Trinajstić information content (AvgIpc) is 3.49. The van der Waals surface area contributed by atoms with Gasteiger partial charge in [-0.2, -0.15) is 0 Å². The number of carbonyl (C=O) groups is 2. The Hall–Kier alpha value is -1.16. The van der Waals surface area contributed by atoms with Crippen LogP contribution in [0.5, 0.6) is 0 Å². The zero-order valence-corrected chi connectivity index (χ0v) is 22.3. The van der Waals surface area contributed by atoms with E-state index in [2.05, 4.69) is 54.5 Å². The molecule has 4 nitrogen and oxygen atoms in total.